The highest BCUT2D eigenvalue weighted by atomic mass is 35.5. The third-order valence-electron chi connectivity index (χ3n) is 8.67. The molecule has 4 aromatic rings. The quantitative estimate of drug-likeness (QED) is 0.130. The maximum atomic E-state index is 15.6. The molecule has 7 nitrogen and oxygen atoms in total. The number of carboxylic acid groups (broad SMARTS) is 1. The Morgan fingerprint density at radius 3 is 2.23 bits per heavy atom. The molecule has 0 aliphatic rings. The van der Waals surface area contributed by atoms with Gasteiger partial charge in [-0.3, -0.25) is 9.36 Å². The summed E-state index contributed by atoms with van der Waals surface area (Å²) in [5.74, 6) is -3.72. The van der Waals surface area contributed by atoms with Gasteiger partial charge in [0, 0.05) is 22.4 Å². The van der Waals surface area contributed by atoms with Crippen molar-refractivity contribution >= 4 is 39.2 Å². The van der Waals surface area contributed by atoms with Gasteiger partial charge in [-0.1, -0.05) is 63.0 Å². The second-order valence-corrected chi connectivity index (χ2v) is 16.0. The van der Waals surface area contributed by atoms with E-state index in [-0.39, 0.29) is 17.7 Å². The molecule has 48 heavy (non-hydrogen) atoms. The lowest BCUT2D eigenvalue weighted by Gasteiger charge is -2.30. The second-order valence-electron chi connectivity index (χ2n) is 12.6. The number of thioether (sulfide) groups is 1. The number of hydrogen-bond donors (Lipinski definition) is 1. The number of rotatable bonds is 14. The average Bonchev–Trinajstić information content (AvgIpc) is 3.45. The van der Waals surface area contributed by atoms with Gasteiger partial charge in [0.15, 0.2) is 15.0 Å². The van der Waals surface area contributed by atoms with Crippen LogP contribution in [0.25, 0.3) is 5.69 Å². The molecule has 0 aliphatic carbocycles. The van der Waals surface area contributed by atoms with Gasteiger partial charge in [0.05, 0.1) is 39.6 Å². The monoisotopic (exact) mass is 722 g/mol. The number of hydrogen-bond acceptors (Lipinski definition) is 6. The molecular formula is C35H38ClF3N2O5S2. The first kappa shape index (κ1) is 37.3. The van der Waals surface area contributed by atoms with Crippen LogP contribution in [0, 0.1) is 22.9 Å². The van der Waals surface area contributed by atoms with Crippen molar-refractivity contribution in [3.8, 4) is 11.4 Å². The molecule has 0 amide bonds. The normalized spacial score (nSPS) is 13.0. The maximum Gasteiger partial charge on any atom is 0.310 e. The largest absolute Gasteiger partial charge is 0.495 e. The summed E-state index contributed by atoms with van der Waals surface area (Å²) in [7, 11) is -2.92. The Labute approximate surface area is 288 Å². The SMILES string of the molecule is CCCCC(C(C)(C)C(=O)O)S(=O)(=O)c1cc(F)c(CSc2ncc(C(C)(C)c3ccc(Cl)c(OC)c3)n2-c2ccc(F)cc2)c(F)c1. The van der Waals surface area contributed by atoms with E-state index in [0.29, 0.717) is 40.2 Å². The molecular weight excluding hydrogens is 685 g/mol. The topological polar surface area (TPSA) is 98.5 Å². The minimum Gasteiger partial charge on any atom is -0.495 e. The maximum absolute atomic E-state index is 15.6. The minimum absolute atomic E-state index is 0.0203. The number of imidazole rings is 1. The Bertz CT molecular complexity index is 1890. The number of benzene rings is 3. The first-order valence-electron chi connectivity index (χ1n) is 15.2. The highest BCUT2D eigenvalue weighted by molar-refractivity contribution is 7.98. The summed E-state index contributed by atoms with van der Waals surface area (Å²) in [6.07, 6.45) is 2.69. The van der Waals surface area contributed by atoms with Gasteiger partial charge in [-0.05, 0) is 74.4 Å². The minimum atomic E-state index is -4.43. The Hall–Kier alpha value is -3.48. The van der Waals surface area contributed by atoms with Crippen molar-refractivity contribution in [2.24, 2.45) is 5.41 Å². The van der Waals surface area contributed by atoms with E-state index in [0.717, 1.165) is 29.5 Å². The van der Waals surface area contributed by atoms with E-state index in [1.165, 1.54) is 33.1 Å². The molecule has 0 radical (unpaired) electrons. The molecule has 3 aromatic carbocycles. The van der Waals surface area contributed by atoms with Gasteiger partial charge in [0.1, 0.15) is 23.2 Å². The van der Waals surface area contributed by atoms with Crippen LogP contribution in [0.1, 0.15) is 70.7 Å². The molecule has 13 heteroatoms. The highest BCUT2D eigenvalue weighted by Gasteiger charge is 2.45. The first-order valence-corrected chi connectivity index (χ1v) is 18.1. The summed E-state index contributed by atoms with van der Waals surface area (Å²) in [6.45, 7) is 8.35. The van der Waals surface area contributed by atoms with E-state index < -0.39 is 54.2 Å². The van der Waals surface area contributed by atoms with E-state index in [1.54, 1.807) is 29.0 Å². The van der Waals surface area contributed by atoms with E-state index in [9.17, 15) is 22.7 Å². The molecule has 1 atom stereocenters. The van der Waals surface area contributed by atoms with Crippen molar-refractivity contribution in [3.63, 3.8) is 0 Å². The molecule has 4 rings (SSSR count). The summed E-state index contributed by atoms with van der Waals surface area (Å²) in [5.41, 5.74) is -0.707. The fraction of sp³-hybridized carbons (Fsp3) is 0.371. The summed E-state index contributed by atoms with van der Waals surface area (Å²) < 4.78 is 79.5. The van der Waals surface area contributed by atoms with Crippen molar-refractivity contribution < 1.29 is 36.2 Å². The number of carbonyl (C=O) groups is 1. The summed E-state index contributed by atoms with van der Waals surface area (Å²) in [4.78, 5) is 15.9. The van der Waals surface area contributed by atoms with Gasteiger partial charge in [-0.25, -0.2) is 26.6 Å². The Morgan fingerprint density at radius 2 is 1.67 bits per heavy atom. The summed E-state index contributed by atoms with van der Waals surface area (Å²) in [5, 5.41) is 9.16. The van der Waals surface area contributed by atoms with Crippen molar-refractivity contribution in [2.75, 3.05) is 7.11 Å². The van der Waals surface area contributed by atoms with E-state index in [4.69, 9.17) is 16.3 Å². The molecule has 0 fully saturated rings. The zero-order valence-electron chi connectivity index (χ0n) is 27.5. The number of sulfone groups is 1. The van der Waals surface area contributed by atoms with Crippen molar-refractivity contribution in [3.05, 3.63) is 100 Å². The lowest BCUT2D eigenvalue weighted by molar-refractivity contribution is -0.147. The van der Waals surface area contributed by atoms with Crippen LogP contribution in [-0.4, -0.2) is 41.4 Å². The predicted molar refractivity (Wildman–Crippen MR) is 181 cm³/mol. The standard InChI is InChI=1S/C35H38ClF3N2O5S2/c1-7-8-9-31(35(4,5)32(42)43)48(44,45)24-17-27(38)25(28(39)18-24)20-47-33-40-19-30(41(33)23-13-11-22(37)12-14-23)34(2,3)21-10-15-26(36)29(16-21)46-6/h10-19,31H,7-9,20H2,1-6H3,(H,42,43). The van der Waals surface area contributed by atoms with Crippen molar-refractivity contribution in [2.45, 2.75) is 80.4 Å². The smallest absolute Gasteiger partial charge is 0.310 e. The van der Waals surface area contributed by atoms with Crippen molar-refractivity contribution in [1.29, 1.82) is 0 Å². The average molecular weight is 723 g/mol. The molecule has 0 saturated heterocycles. The summed E-state index contributed by atoms with van der Waals surface area (Å²) >= 11 is 7.28. The Kier molecular flexibility index (Phi) is 11.3. The second kappa shape index (κ2) is 14.6. The third kappa shape index (κ3) is 7.40. The van der Waals surface area contributed by atoms with Gasteiger partial charge >= 0.3 is 5.97 Å². The number of unbranched alkanes of at least 4 members (excludes halogenated alkanes) is 1. The molecule has 258 valence electrons. The van der Waals surface area contributed by atoms with Crippen LogP contribution < -0.4 is 4.74 Å². The van der Waals surface area contributed by atoms with Crippen LogP contribution in [-0.2, 0) is 25.8 Å². The van der Waals surface area contributed by atoms with Crippen LogP contribution in [0.4, 0.5) is 13.2 Å². The number of ether oxygens (including phenoxy) is 1. The molecule has 1 heterocycles. The number of aromatic nitrogens is 2. The fourth-order valence-corrected chi connectivity index (χ4v) is 8.95. The molecule has 1 N–H and O–H groups in total. The molecule has 1 aromatic heterocycles. The number of carboxylic acids is 1. The molecule has 1 unspecified atom stereocenters. The first-order chi connectivity index (χ1) is 22.5. The Balaban J connectivity index is 1.73. The van der Waals surface area contributed by atoms with E-state index >= 15 is 8.78 Å². The molecule has 0 aliphatic heterocycles. The Morgan fingerprint density at radius 1 is 1.04 bits per heavy atom. The van der Waals surface area contributed by atoms with E-state index in [1.807, 2.05) is 32.9 Å². The van der Waals surface area contributed by atoms with Crippen LogP contribution >= 0.6 is 23.4 Å². The van der Waals surface area contributed by atoms with Crippen LogP contribution in [0.2, 0.25) is 5.02 Å². The van der Waals surface area contributed by atoms with Crippen molar-refractivity contribution in [1.82, 2.24) is 9.55 Å². The van der Waals surface area contributed by atoms with Crippen LogP contribution in [0.5, 0.6) is 5.75 Å². The number of aliphatic carboxylic acids is 1. The third-order valence-corrected chi connectivity index (χ3v) is 12.4. The van der Waals surface area contributed by atoms with Gasteiger partial charge in [-0.2, -0.15) is 0 Å². The van der Waals surface area contributed by atoms with Crippen LogP contribution in [0.3, 0.4) is 0 Å². The summed E-state index contributed by atoms with van der Waals surface area (Å²) in [6, 6.07) is 12.6. The predicted octanol–water partition coefficient (Wildman–Crippen LogP) is 9.01. The van der Waals surface area contributed by atoms with Gasteiger partial charge < -0.3 is 9.84 Å². The van der Waals surface area contributed by atoms with Gasteiger partial charge in [0.25, 0.3) is 0 Å². The van der Waals surface area contributed by atoms with Gasteiger partial charge in [0.2, 0.25) is 0 Å². The zero-order valence-corrected chi connectivity index (χ0v) is 29.9. The highest BCUT2D eigenvalue weighted by Crippen LogP contribution is 2.40. The van der Waals surface area contributed by atoms with Gasteiger partial charge in [-0.15, -0.1) is 0 Å². The number of methoxy groups -OCH3 is 1. The number of halogens is 4. The number of nitrogens with zero attached hydrogens (tertiary/aromatic N) is 2. The molecule has 0 spiro atoms. The van der Waals surface area contributed by atoms with Crippen LogP contribution in [0.15, 0.2) is 70.8 Å². The lowest BCUT2D eigenvalue weighted by Crippen LogP contribution is -2.42. The fourth-order valence-electron chi connectivity index (χ4n) is 5.53. The lowest BCUT2D eigenvalue weighted by atomic mass is 9.81. The molecule has 0 bridgehead atoms. The zero-order chi connectivity index (χ0) is 35.6. The molecule has 0 saturated carbocycles. The van der Waals surface area contributed by atoms with E-state index in [2.05, 4.69) is 4.98 Å².